The second kappa shape index (κ2) is 12.1. The van der Waals surface area contributed by atoms with Gasteiger partial charge in [-0.3, -0.25) is 0 Å². The molecule has 53 heavy (non-hydrogen) atoms. The summed E-state index contributed by atoms with van der Waals surface area (Å²) in [6.45, 7) is 0. The Hall–Kier alpha value is -5.80. The zero-order valence-electron chi connectivity index (χ0n) is 29.1. The second-order valence-corrected chi connectivity index (χ2v) is 16.7. The average Bonchev–Trinajstić information content (AvgIpc) is 3.93. The number of fused-ring (bicyclic) bond motifs is 9. The highest BCUT2D eigenvalue weighted by molar-refractivity contribution is 7.23. The van der Waals surface area contributed by atoms with Crippen molar-refractivity contribution in [2.24, 2.45) is 0 Å². The minimum Gasteiger partial charge on any atom is -0.135 e. The summed E-state index contributed by atoms with van der Waals surface area (Å²) in [6, 6.07) is 68.4. The molecule has 0 N–H and O–H groups in total. The molecule has 1 aliphatic carbocycles. The first-order valence-corrected chi connectivity index (χ1v) is 20.0. The average molecular weight is 711 g/mol. The molecular weight excluding hydrogens is 677 g/mol. The normalized spacial score (nSPS) is 13.2. The molecule has 8 aromatic carbocycles. The molecule has 0 nitrogen and oxygen atoms in total. The van der Waals surface area contributed by atoms with Crippen LogP contribution in [-0.4, -0.2) is 0 Å². The van der Waals surface area contributed by atoms with Gasteiger partial charge in [0.1, 0.15) is 0 Å². The van der Waals surface area contributed by atoms with Gasteiger partial charge in [0.15, 0.2) is 0 Å². The lowest BCUT2D eigenvalue weighted by Gasteiger charge is -2.33. The third-order valence-corrected chi connectivity index (χ3v) is 13.9. The quantitative estimate of drug-likeness (QED) is 0.161. The van der Waals surface area contributed by atoms with Crippen LogP contribution in [0.25, 0.3) is 73.7 Å². The molecule has 250 valence electrons. The van der Waals surface area contributed by atoms with Crippen LogP contribution in [0.1, 0.15) is 22.3 Å². The maximum Gasteiger partial charge on any atom is 0.0427 e. The van der Waals surface area contributed by atoms with Crippen LogP contribution >= 0.6 is 22.7 Å². The number of benzene rings is 8. The highest BCUT2D eigenvalue weighted by Crippen LogP contribution is 2.55. The van der Waals surface area contributed by atoms with Crippen molar-refractivity contribution in [3.8, 4) is 32.0 Å². The molecule has 0 atom stereocenters. The summed E-state index contributed by atoms with van der Waals surface area (Å²) in [5.41, 5.74) is 10.6. The Morgan fingerprint density at radius 1 is 0.358 bits per heavy atom. The topological polar surface area (TPSA) is 0 Å². The van der Waals surface area contributed by atoms with E-state index in [0.717, 1.165) is 12.8 Å². The summed E-state index contributed by atoms with van der Waals surface area (Å²) in [5.74, 6) is 0. The highest BCUT2D eigenvalue weighted by Gasteiger charge is 2.44. The Bertz CT molecular complexity index is 2790. The molecule has 10 aromatic rings. The Kier molecular flexibility index (Phi) is 7.05. The Morgan fingerprint density at radius 3 is 1.25 bits per heavy atom. The van der Waals surface area contributed by atoms with E-state index < -0.39 is 0 Å². The van der Waals surface area contributed by atoms with Gasteiger partial charge in [0.05, 0.1) is 0 Å². The van der Waals surface area contributed by atoms with E-state index in [1.165, 1.54) is 96.0 Å². The summed E-state index contributed by atoms with van der Waals surface area (Å²) in [6.07, 6.45) is 1.84. The molecule has 2 heterocycles. The van der Waals surface area contributed by atoms with E-state index in [2.05, 4.69) is 182 Å². The van der Waals surface area contributed by atoms with Crippen molar-refractivity contribution in [3.05, 3.63) is 204 Å². The van der Waals surface area contributed by atoms with Gasteiger partial charge in [-0.25, -0.2) is 0 Å². The lowest BCUT2D eigenvalue weighted by molar-refractivity contribution is 0.520. The molecule has 0 bridgehead atoms. The van der Waals surface area contributed by atoms with E-state index in [-0.39, 0.29) is 5.41 Å². The van der Waals surface area contributed by atoms with Crippen molar-refractivity contribution >= 4 is 64.4 Å². The van der Waals surface area contributed by atoms with Gasteiger partial charge in [0, 0.05) is 24.6 Å². The van der Waals surface area contributed by atoms with Crippen molar-refractivity contribution in [1.82, 2.24) is 0 Å². The monoisotopic (exact) mass is 710 g/mol. The molecule has 0 saturated carbocycles. The van der Waals surface area contributed by atoms with Gasteiger partial charge < -0.3 is 0 Å². The lowest BCUT2D eigenvalue weighted by Crippen LogP contribution is -2.31. The fraction of sp³-hybridized carbons (Fsp3) is 0.0588. The van der Waals surface area contributed by atoms with Gasteiger partial charge in [0.25, 0.3) is 0 Å². The van der Waals surface area contributed by atoms with Gasteiger partial charge >= 0.3 is 0 Å². The minimum atomic E-state index is -0.258. The van der Waals surface area contributed by atoms with Gasteiger partial charge in [0.2, 0.25) is 0 Å². The molecular formula is C51H34S2. The molecule has 0 amide bonds. The fourth-order valence-electron chi connectivity index (χ4n) is 8.95. The summed E-state index contributed by atoms with van der Waals surface area (Å²) in [4.78, 5) is 2.64. The molecule has 0 radical (unpaired) electrons. The van der Waals surface area contributed by atoms with E-state index in [9.17, 15) is 0 Å². The highest BCUT2D eigenvalue weighted by atomic mass is 32.1. The van der Waals surface area contributed by atoms with Crippen LogP contribution in [0.2, 0.25) is 0 Å². The standard InChI is InChI=1S/C51H34S2/c1-3-11-33(12-4-1)31-51(32-34-13-5-2-6-14-34)45-27-37(47-29-39-21-19-35-15-7-9-17-41(35)49(39)52-47)23-25-43(45)44-26-24-38(28-46(44)51)48-30-40-22-20-36-16-8-10-18-42(36)50(40)53-48/h1-30H,31-32H2. The van der Waals surface area contributed by atoms with Crippen LogP contribution in [0.4, 0.5) is 0 Å². The van der Waals surface area contributed by atoms with Gasteiger partial charge in [-0.05, 0) is 114 Å². The van der Waals surface area contributed by atoms with Crippen molar-refractivity contribution in [2.45, 2.75) is 18.3 Å². The van der Waals surface area contributed by atoms with Crippen LogP contribution in [0.3, 0.4) is 0 Å². The second-order valence-electron chi connectivity index (χ2n) is 14.6. The Labute approximate surface area is 317 Å². The lowest BCUT2D eigenvalue weighted by atomic mass is 9.69. The van der Waals surface area contributed by atoms with Gasteiger partial charge in [-0.15, -0.1) is 22.7 Å². The smallest absolute Gasteiger partial charge is 0.0427 e. The van der Waals surface area contributed by atoms with Crippen molar-refractivity contribution in [3.63, 3.8) is 0 Å². The zero-order chi connectivity index (χ0) is 34.9. The first-order chi connectivity index (χ1) is 26.2. The molecule has 0 aliphatic heterocycles. The van der Waals surface area contributed by atoms with E-state index in [1.807, 2.05) is 22.7 Å². The molecule has 2 heteroatoms. The summed E-state index contributed by atoms with van der Waals surface area (Å²) < 4.78 is 2.73. The third kappa shape index (κ3) is 5.01. The number of hydrogen-bond donors (Lipinski definition) is 0. The molecule has 0 saturated heterocycles. The van der Waals surface area contributed by atoms with E-state index >= 15 is 0 Å². The Morgan fingerprint density at radius 2 is 0.774 bits per heavy atom. The minimum absolute atomic E-state index is 0.258. The molecule has 0 spiro atoms. The maximum atomic E-state index is 2.54. The third-order valence-electron chi connectivity index (χ3n) is 11.4. The molecule has 0 fully saturated rings. The first kappa shape index (κ1) is 30.8. The van der Waals surface area contributed by atoms with Crippen LogP contribution in [-0.2, 0) is 18.3 Å². The van der Waals surface area contributed by atoms with Crippen molar-refractivity contribution in [1.29, 1.82) is 0 Å². The number of rotatable bonds is 6. The first-order valence-electron chi connectivity index (χ1n) is 18.4. The number of thiophene rings is 2. The van der Waals surface area contributed by atoms with E-state index in [0.29, 0.717) is 0 Å². The van der Waals surface area contributed by atoms with Crippen LogP contribution in [0, 0.1) is 0 Å². The van der Waals surface area contributed by atoms with E-state index in [1.54, 1.807) is 0 Å². The fourth-order valence-corrected chi connectivity index (χ4v) is 11.3. The van der Waals surface area contributed by atoms with Gasteiger partial charge in [-0.1, -0.05) is 158 Å². The molecule has 2 aromatic heterocycles. The molecule has 0 unspecified atom stereocenters. The van der Waals surface area contributed by atoms with E-state index in [4.69, 9.17) is 0 Å². The largest absolute Gasteiger partial charge is 0.135 e. The van der Waals surface area contributed by atoms with Crippen molar-refractivity contribution in [2.75, 3.05) is 0 Å². The SMILES string of the molecule is c1ccc(CC2(Cc3ccccc3)c3cc(-c4cc5ccc6ccccc6c5s4)ccc3-c3ccc(-c4cc5ccc6ccccc6c5s4)cc32)cc1. The predicted molar refractivity (Wildman–Crippen MR) is 230 cm³/mol. The Balaban J connectivity index is 1.13. The van der Waals surface area contributed by atoms with Gasteiger partial charge in [-0.2, -0.15) is 0 Å². The maximum absolute atomic E-state index is 2.54. The summed E-state index contributed by atoms with van der Waals surface area (Å²) >= 11 is 3.84. The predicted octanol–water partition coefficient (Wildman–Crippen LogP) is 14.5. The molecule has 1 aliphatic rings. The summed E-state index contributed by atoms with van der Waals surface area (Å²) in [5, 5.41) is 7.88. The van der Waals surface area contributed by atoms with Crippen molar-refractivity contribution < 1.29 is 0 Å². The van der Waals surface area contributed by atoms with Crippen LogP contribution in [0.5, 0.6) is 0 Å². The summed E-state index contributed by atoms with van der Waals surface area (Å²) in [7, 11) is 0. The number of hydrogen-bond acceptors (Lipinski definition) is 2. The molecule has 11 rings (SSSR count). The zero-order valence-corrected chi connectivity index (χ0v) is 30.7. The van der Waals surface area contributed by atoms with Crippen LogP contribution in [0.15, 0.2) is 182 Å². The van der Waals surface area contributed by atoms with Crippen LogP contribution < -0.4 is 0 Å².